The number of amides is 5. The summed E-state index contributed by atoms with van der Waals surface area (Å²) < 4.78 is 28.5. The van der Waals surface area contributed by atoms with E-state index < -0.39 is 89.6 Å². The summed E-state index contributed by atoms with van der Waals surface area (Å²) in [7, 11) is 0. The molecule has 0 saturated carbocycles. The number of hydrogen-bond acceptors (Lipinski definition) is 21. The molecule has 0 aromatic rings. The molecule has 28 nitrogen and oxygen atoms in total. The van der Waals surface area contributed by atoms with Crippen LogP contribution in [0.3, 0.4) is 0 Å². The van der Waals surface area contributed by atoms with Crippen molar-refractivity contribution in [2.45, 2.75) is 260 Å². The molecule has 0 fully saturated rings. The average molecular weight is 1410 g/mol. The second-order valence-corrected chi connectivity index (χ2v) is 22.0. The van der Waals surface area contributed by atoms with Gasteiger partial charge in [0.1, 0.15) is 29.7 Å². The average Bonchev–Trinajstić information content (AvgIpc) is 0.950. The lowest BCUT2D eigenvalue weighted by atomic mass is 10.1. The SMILES string of the molecule is C=CCCCC/C=C(\NC(C)=O)C(=O)OCC.C=CCCCCC(O)CO.C=CCCCCC=O.C=CCCCCC[C@@H](NC(C)=O)C(=O)OCC.C=CCCCCC[C@H](NC(=O)OC(C)(C)C)C(=O)O.CCOC(=O)C(NC(C)=O)C(=O)O.CCOC(=O)C(NC(C)=O)C(=O)OCC. The number of aliphatic hydroxyl groups is 2. The van der Waals surface area contributed by atoms with Crippen molar-refractivity contribution in [1.29, 1.82) is 0 Å². The molecule has 0 bridgehead atoms. The van der Waals surface area contributed by atoms with Crippen LogP contribution >= 0.6 is 0 Å². The molecule has 0 aromatic heterocycles. The highest BCUT2D eigenvalue weighted by atomic mass is 16.6. The number of hydrogen-bond donors (Lipinski definition) is 9. The molecule has 0 aromatic carbocycles. The number of aliphatic hydroxyl groups excluding tert-OH is 2. The van der Waals surface area contributed by atoms with E-state index in [-0.39, 0.29) is 49.9 Å². The van der Waals surface area contributed by atoms with E-state index in [0.717, 1.165) is 129 Å². The monoisotopic (exact) mass is 1410 g/mol. The van der Waals surface area contributed by atoms with Crippen molar-refractivity contribution in [1.82, 2.24) is 26.6 Å². The molecule has 2 unspecified atom stereocenters. The van der Waals surface area contributed by atoms with Crippen molar-refractivity contribution in [3.63, 3.8) is 0 Å². The van der Waals surface area contributed by atoms with Gasteiger partial charge in [-0.3, -0.25) is 19.2 Å². The lowest BCUT2D eigenvalue weighted by molar-refractivity contribution is -0.160. The second-order valence-electron chi connectivity index (χ2n) is 22.0. The van der Waals surface area contributed by atoms with E-state index in [4.69, 9.17) is 34.6 Å². The first-order chi connectivity index (χ1) is 46.7. The zero-order valence-corrected chi connectivity index (χ0v) is 61.3. The summed E-state index contributed by atoms with van der Waals surface area (Å²) in [6.07, 6.45) is 30.7. The molecular formula is C71H123N5O23. The van der Waals surface area contributed by atoms with Crippen LogP contribution in [0.4, 0.5) is 4.79 Å². The molecule has 4 atom stereocenters. The maximum absolute atomic E-state index is 11.5. The van der Waals surface area contributed by atoms with Gasteiger partial charge in [-0.15, -0.1) is 32.9 Å². The van der Waals surface area contributed by atoms with Gasteiger partial charge >= 0.3 is 47.9 Å². The lowest BCUT2D eigenvalue weighted by Gasteiger charge is -2.22. The molecular weight excluding hydrogens is 1290 g/mol. The van der Waals surface area contributed by atoms with E-state index in [1.54, 1.807) is 61.5 Å². The molecule has 0 rings (SSSR count). The highest BCUT2D eigenvalue weighted by molar-refractivity contribution is 6.02. The molecule has 28 heteroatoms. The molecule has 0 aliphatic carbocycles. The van der Waals surface area contributed by atoms with Crippen LogP contribution in [0.15, 0.2) is 75.0 Å². The summed E-state index contributed by atoms with van der Waals surface area (Å²) in [5.74, 6) is -7.45. The van der Waals surface area contributed by atoms with Crippen molar-refractivity contribution in [2.24, 2.45) is 0 Å². The number of unbranched alkanes of at least 4 members (excludes halogenated alkanes) is 14. The summed E-state index contributed by atoms with van der Waals surface area (Å²) >= 11 is 0. The minimum Gasteiger partial charge on any atom is -0.480 e. The van der Waals surface area contributed by atoms with E-state index in [1.807, 2.05) is 35.7 Å². The number of allylic oxidation sites excluding steroid dienone is 6. The number of esters is 5. The van der Waals surface area contributed by atoms with Crippen LogP contribution < -0.4 is 26.6 Å². The van der Waals surface area contributed by atoms with Crippen molar-refractivity contribution in [3.05, 3.63) is 75.0 Å². The quantitative estimate of drug-likeness (QED) is 0.00521. The molecule has 9 N–H and O–H groups in total. The number of aldehydes is 1. The minimum atomic E-state index is -1.61. The van der Waals surface area contributed by atoms with Gasteiger partial charge in [0.2, 0.25) is 35.7 Å². The smallest absolute Gasteiger partial charge is 0.408 e. The Morgan fingerprint density at radius 3 is 1.13 bits per heavy atom. The fourth-order valence-electron chi connectivity index (χ4n) is 7.13. The van der Waals surface area contributed by atoms with Crippen LogP contribution in [0, 0.1) is 0 Å². The number of nitrogens with one attached hydrogen (secondary N) is 5. The first-order valence-corrected chi connectivity index (χ1v) is 33.6. The minimum absolute atomic E-state index is 0.0716. The summed E-state index contributed by atoms with van der Waals surface area (Å²) in [4.78, 5) is 142. The van der Waals surface area contributed by atoms with Crippen LogP contribution in [-0.4, -0.2) is 174 Å². The molecule has 0 saturated heterocycles. The Morgan fingerprint density at radius 2 is 0.778 bits per heavy atom. The predicted octanol–water partition coefficient (Wildman–Crippen LogP) is 9.38. The number of ether oxygens (including phenoxy) is 6. The Balaban J connectivity index is -0.000000202. The number of alkyl carbamates (subject to hydrolysis) is 1. The van der Waals surface area contributed by atoms with Crippen LogP contribution in [-0.2, 0) is 86.0 Å². The van der Waals surface area contributed by atoms with Gasteiger partial charge in [-0.05, 0) is 158 Å². The first kappa shape index (κ1) is 104. The summed E-state index contributed by atoms with van der Waals surface area (Å²) in [5.41, 5.74) is -0.394. The zero-order chi connectivity index (χ0) is 77.4. The Bertz CT molecular complexity index is 2310. The fraction of sp³-hybridized carbons (Fsp3) is 0.648. The molecule has 0 spiro atoms. The number of aliphatic carboxylic acids is 2. The number of rotatable bonds is 45. The van der Waals surface area contributed by atoms with E-state index in [2.05, 4.69) is 68.4 Å². The zero-order valence-electron chi connectivity index (χ0n) is 61.3. The van der Waals surface area contributed by atoms with Crippen molar-refractivity contribution < 1.29 is 111 Å². The van der Waals surface area contributed by atoms with Crippen LogP contribution in [0.25, 0.3) is 0 Å². The summed E-state index contributed by atoms with van der Waals surface area (Å²) in [6, 6.07) is -4.38. The number of carbonyl (C=O) groups is 13. The fourth-order valence-corrected chi connectivity index (χ4v) is 7.13. The standard InChI is InChI=1S/C14H25NO4.C13H23NO3.C13H21NO3.C9H15NO5.C8H16O2.C7H11NO5.C7H12O/c1-5-6-7-8-9-10-11(12(16)17)15-13(18)19-14(2,3)4;2*1-4-6-7-8-9-10-12(14-11(3)15)13(16)17-5-2;1-4-14-8(12)7(10-6(3)11)9(13)15-5-2;1-2-3-4-5-6-8(10)7-9;1-3-13-7(12)5(6(10)11)8-4(2)9;1-2-3-4-5-6-7-8/h5,11H,1,6-10H2,2-4H3,(H,15,18)(H,16,17);4,12H,1,5-10H2,2-3H3,(H,14,15);4,10H,1,5-9H2,2-3H3,(H,14,15);7H,4-5H2,1-3H3,(H,10,11);2,8-10H,1,3-7H2;5H,3H2,1-2H3,(H,8,9)(H,10,11);2,7H,1,3-6H2/b;;12-10-;;;;/t11-;12-;;;;;/m01...../s1. The third-order valence-corrected chi connectivity index (χ3v) is 11.7. The van der Waals surface area contributed by atoms with Gasteiger partial charge in [0, 0.05) is 34.1 Å². The number of carbonyl (C=O) groups excluding carboxylic acids is 11. The summed E-state index contributed by atoms with van der Waals surface area (Å²) in [5, 5.41) is 46.4. The van der Waals surface area contributed by atoms with Crippen molar-refractivity contribution in [2.75, 3.05) is 39.6 Å². The summed E-state index contributed by atoms with van der Waals surface area (Å²) in [6.45, 7) is 37.5. The highest BCUT2D eigenvalue weighted by Crippen LogP contribution is 2.12. The van der Waals surface area contributed by atoms with Gasteiger partial charge in [0.15, 0.2) is 0 Å². The Labute approximate surface area is 588 Å². The Morgan fingerprint density at radius 1 is 0.424 bits per heavy atom. The van der Waals surface area contributed by atoms with Gasteiger partial charge in [0.25, 0.3) is 0 Å². The van der Waals surface area contributed by atoms with E-state index >= 15 is 0 Å². The topological polar surface area (TPSA) is 418 Å². The van der Waals surface area contributed by atoms with Gasteiger partial charge < -0.3 is 80.2 Å². The van der Waals surface area contributed by atoms with E-state index in [1.165, 1.54) is 20.8 Å². The van der Waals surface area contributed by atoms with Gasteiger partial charge in [-0.2, -0.15) is 0 Å². The second kappa shape index (κ2) is 73.7. The third-order valence-electron chi connectivity index (χ3n) is 11.7. The van der Waals surface area contributed by atoms with Crippen molar-refractivity contribution in [3.8, 4) is 0 Å². The van der Waals surface area contributed by atoms with Gasteiger partial charge in [-0.25, -0.2) is 38.4 Å². The molecule has 5 amide bonds. The van der Waals surface area contributed by atoms with Gasteiger partial charge in [0.05, 0.1) is 45.7 Å². The van der Waals surface area contributed by atoms with E-state index in [0.29, 0.717) is 38.9 Å². The molecule has 0 aliphatic heterocycles. The van der Waals surface area contributed by atoms with Gasteiger partial charge in [-0.1, -0.05) is 68.6 Å². The molecule has 0 radical (unpaired) electrons. The number of carboxylic acids is 2. The lowest BCUT2D eigenvalue weighted by Crippen LogP contribution is -2.47. The maximum Gasteiger partial charge on any atom is 0.408 e. The molecule has 0 heterocycles. The number of carboxylic acid groups (broad SMARTS) is 2. The normalized spacial score (nSPS) is 11.2. The molecule has 570 valence electrons. The maximum atomic E-state index is 11.5. The van der Waals surface area contributed by atoms with E-state index in [9.17, 15) is 62.3 Å². The largest absolute Gasteiger partial charge is 0.480 e. The first-order valence-electron chi connectivity index (χ1n) is 33.6. The highest BCUT2D eigenvalue weighted by Gasteiger charge is 2.31. The van der Waals surface area contributed by atoms with Crippen LogP contribution in [0.2, 0.25) is 0 Å². The Kier molecular flexibility index (Phi) is 77.4. The van der Waals surface area contributed by atoms with Crippen molar-refractivity contribution >= 4 is 77.8 Å². The third kappa shape index (κ3) is 78.4. The molecule has 0 aliphatic rings. The predicted molar refractivity (Wildman–Crippen MR) is 378 cm³/mol. The van der Waals surface area contributed by atoms with Crippen LogP contribution in [0.5, 0.6) is 0 Å². The molecule has 99 heavy (non-hydrogen) atoms. The van der Waals surface area contributed by atoms with Crippen LogP contribution in [0.1, 0.15) is 224 Å². The Hall–Kier alpha value is -8.53.